The van der Waals surface area contributed by atoms with Crippen LogP contribution in [0.2, 0.25) is 0 Å². The molecule has 3 saturated carbocycles. The fraction of sp³-hybridized carbons (Fsp3) is 0.895. The quantitative estimate of drug-likeness (QED) is 0.746. The Morgan fingerprint density at radius 1 is 1.00 bits per heavy atom. The van der Waals surface area contributed by atoms with Gasteiger partial charge in [-0.1, -0.05) is 13.8 Å². The Morgan fingerprint density at radius 3 is 2.64 bits per heavy atom. The predicted molar refractivity (Wildman–Crippen MR) is 85.1 cm³/mol. The van der Waals surface area contributed by atoms with E-state index < -0.39 is 0 Å². The summed E-state index contributed by atoms with van der Waals surface area (Å²) in [5.41, 5.74) is 0.276. The molecule has 1 N–H and O–H groups in total. The van der Waals surface area contributed by atoms with Gasteiger partial charge in [0.25, 0.3) is 0 Å². The Kier molecular flexibility index (Phi) is 3.22. The van der Waals surface area contributed by atoms with Gasteiger partial charge in [0.05, 0.1) is 0 Å². The summed E-state index contributed by atoms with van der Waals surface area (Å²) in [6.45, 7) is 5.54. The van der Waals surface area contributed by atoms with Crippen molar-refractivity contribution in [3.63, 3.8) is 0 Å². The summed E-state index contributed by atoms with van der Waals surface area (Å²) >= 11 is 0. The molecule has 4 rings (SSSR count). The molecule has 3 heteroatoms. The molecule has 22 heavy (non-hydrogen) atoms. The van der Waals surface area contributed by atoms with Crippen molar-refractivity contribution in [3.05, 3.63) is 0 Å². The number of amides is 1. The molecule has 1 amide bonds. The monoisotopic (exact) mass is 303 g/mol. The van der Waals surface area contributed by atoms with E-state index in [1.807, 2.05) is 0 Å². The molecule has 0 unspecified atom stereocenters. The Morgan fingerprint density at radius 2 is 1.82 bits per heavy atom. The maximum atomic E-state index is 12.4. The molecule has 4 fully saturated rings. The summed E-state index contributed by atoms with van der Waals surface area (Å²) in [5, 5.41) is 3.09. The number of carbonyl (C=O) groups is 2. The Labute approximate surface area is 133 Å². The molecule has 0 spiro atoms. The van der Waals surface area contributed by atoms with Crippen LogP contribution in [0.5, 0.6) is 0 Å². The molecular weight excluding hydrogens is 274 g/mol. The second-order valence-corrected chi connectivity index (χ2v) is 8.88. The number of hydrogen-bond acceptors (Lipinski definition) is 2. The lowest BCUT2D eigenvalue weighted by Gasteiger charge is -2.57. The molecule has 0 aromatic rings. The van der Waals surface area contributed by atoms with Crippen molar-refractivity contribution < 1.29 is 9.59 Å². The van der Waals surface area contributed by atoms with Gasteiger partial charge in [-0.05, 0) is 67.6 Å². The van der Waals surface area contributed by atoms with Crippen molar-refractivity contribution in [2.24, 2.45) is 34.5 Å². The van der Waals surface area contributed by atoms with Gasteiger partial charge < -0.3 is 5.32 Å². The maximum Gasteiger partial charge on any atom is 0.220 e. The van der Waals surface area contributed by atoms with Gasteiger partial charge in [-0.25, -0.2) is 0 Å². The molecule has 0 aromatic heterocycles. The Hall–Kier alpha value is -0.860. The van der Waals surface area contributed by atoms with Gasteiger partial charge in [-0.2, -0.15) is 0 Å². The van der Waals surface area contributed by atoms with Gasteiger partial charge in [0.15, 0.2) is 0 Å². The summed E-state index contributed by atoms with van der Waals surface area (Å²) < 4.78 is 0. The zero-order valence-corrected chi connectivity index (χ0v) is 14.0. The van der Waals surface area contributed by atoms with Crippen molar-refractivity contribution in [1.29, 1.82) is 0 Å². The molecule has 3 nitrogen and oxygen atoms in total. The number of carbonyl (C=O) groups excluding carboxylic acids is 2. The third kappa shape index (κ3) is 1.86. The van der Waals surface area contributed by atoms with Crippen LogP contribution in [0.4, 0.5) is 0 Å². The molecule has 1 aliphatic heterocycles. The van der Waals surface area contributed by atoms with Gasteiger partial charge in [0.1, 0.15) is 5.78 Å². The number of rotatable bonds is 0. The number of ketones is 1. The van der Waals surface area contributed by atoms with Gasteiger partial charge in [0, 0.05) is 24.8 Å². The Balaban J connectivity index is 1.66. The standard InChI is InChI=1S/C19H29NO2/c1-18-9-10-20-17(22)11-12(18)3-4-13-14-5-6-16(21)19(14,2)8-7-15(13)18/h12-15H,3-11H2,1-2H3,(H,20,22)/t12-,13-,14-,15-,18-,19-/m0/s1. The van der Waals surface area contributed by atoms with Gasteiger partial charge >= 0.3 is 0 Å². The highest BCUT2D eigenvalue weighted by Gasteiger charge is 2.59. The van der Waals surface area contributed by atoms with Crippen molar-refractivity contribution in [2.45, 2.75) is 65.2 Å². The third-order valence-electron chi connectivity index (χ3n) is 8.19. The minimum absolute atomic E-state index is 0.0246. The van der Waals surface area contributed by atoms with Crippen LogP contribution < -0.4 is 5.32 Å². The average Bonchev–Trinajstić information content (AvgIpc) is 2.68. The smallest absolute Gasteiger partial charge is 0.220 e. The number of hydrogen-bond donors (Lipinski definition) is 1. The van der Waals surface area contributed by atoms with Crippen molar-refractivity contribution in [3.8, 4) is 0 Å². The molecule has 3 aliphatic carbocycles. The largest absolute Gasteiger partial charge is 0.356 e. The van der Waals surface area contributed by atoms with E-state index in [1.165, 1.54) is 19.3 Å². The number of Topliss-reactive ketones (excluding diaryl/α,β-unsaturated/α-hetero) is 1. The van der Waals surface area contributed by atoms with E-state index in [0.717, 1.165) is 50.5 Å². The lowest BCUT2D eigenvalue weighted by molar-refractivity contribution is -0.137. The first-order valence-corrected chi connectivity index (χ1v) is 9.25. The highest BCUT2D eigenvalue weighted by Crippen LogP contribution is 2.64. The summed E-state index contributed by atoms with van der Waals surface area (Å²) in [4.78, 5) is 24.4. The van der Waals surface area contributed by atoms with Crippen LogP contribution in [-0.2, 0) is 9.59 Å². The first kappa shape index (κ1) is 14.7. The highest BCUT2D eigenvalue weighted by atomic mass is 16.1. The minimum Gasteiger partial charge on any atom is -0.356 e. The predicted octanol–water partition coefficient (Wildman–Crippen LogP) is 3.32. The molecule has 1 saturated heterocycles. The molecule has 4 aliphatic rings. The van der Waals surface area contributed by atoms with E-state index in [4.69, 9.17) is 0 Å². The molecule has 1 heterocycles. The zero-order chi connectivity index (χ0) is 15.5. The topological polar surface area (TPSA) is 46.2 Å². The summed E-state index contributed by atoms with van der Waals surface area (Å²) in [6.07, 6.45) is 8.49. The van der Waals surface area contributed by atoms with Crippen molar-refractivity contribution in [2.75, 3.05) is 6.54 Å². The van der Waals surface area contributed by atoms with Crippen molar-refractivity contribution >= 4 is 11.7 Å². The number of nitrogens with one attached hydrogen (secondary N) is 1. The fourth-order valence-electron chi connectivity index (χ4n) is 6.80. The van der Waals surface area contributed by atoms with Gasteiger partial charge in [-0.15, -0.1) is 0 Å². The average molecular weight is 303 g/mol. The van der Waals surface area contributed by atoms with Gasteiger partial charge in [0.2, 0.25) is 5.91 Å². The van der Waals surface area contributed by atoms with Crippen LogP contribution >= 0.6 is 0 Å². The second kappa shape index (κ2) is 4.82. The van der Waals surface area contributed by atoms with E-state index in [2.05, 4.69) is 19.2 Å². The van der Waals surface area contributed by atoms with E-state index in [1.54, 1.807) is 0 Å². The second-order valence-electron chi connectivity index (χ2n) is 8.88. The highest BCUT2D eigenvalue weighted by molar-refractivity contribution is 5.87. The fourth-order valence-corrected chi connectivity index (χ4v) is 6.80. The molecule has 0 bridgehead atoms. The van der Waals surface area contributed by atoms with Gasteiger partial charge in [-0.3, -0.25) is 9.59 Å². The minimum atomic E-state index is -0.0246. The van der Waals surface area contributed by atoms with Crippen LogP contribution in [0.1, 0.15) is 65.2 Å². The summed E-state index contributed by atoms with van der Waals surface area (Å²) in [5.74, 6) is 3.40. The van der Waals surface area contributed by atoms with E-state index >= 15 is 0 Å². The zero-order valence-electron chi connectivity index (χ0n) is 14.0. The lowest BCUT2D eigenvalue weighted by Crippen LogP contribution is -2.52. The molecule has 0 radical (unpaired) electrons. The lowest BCUT2D eigenvalue weighted by atomic mass is 9.47. The first-order valence-electron chi connectivity index (χ1n) is 9.25. The molecule has 6 atom stereocenters. The van der Waals surface area contributed by atoms with E-state index in [-0.39, 0.29) is 11.3 Å². The van der Waals surface area contributed by atoms with E-state index in [9.17, 15) is 9.59 Å². The maximum absolute atomic E-state index is 12.4. The van der Waals surface area contributed by atoms with Crippen LogP contribution in [0, 0.1) is 34.5 Å². The Bertz CT molecular complexity index is 516. The summed E-state index contributed by atoms with van der Waals surface area (Å²) in [7, 11) is 0. The molecular formula is C19H29NO2. The first-order chi connectivity index (χ1) is 10.4. The van der Waals surface area contributed by atoms with E-state index in [0.29, 0.717) is 23.0 Å². The van der Waals surface area contributed by atoms with Crippen LogP contribution in [0.3, 0.4) is 0 Å². The number of fused-ring (bicyclic) bond motifs is 5. The molecule has 122 valence electrons. The third-order valence-corrected chi connectivity index (χ3v) is 8.19. The van der Waals surface area contributed by atoms with Crippen molar-refractivity contribution in [1.82, 2.24) is 5.32 Å². The summed E-state index contributed by atoms with van der Waals surface area (Å²) in [6, 6.07) is 0. The van der Waals surface area contributed by atoms with Crippen LogP contribution in [-0.4, -0.2) is 18.2 Å². The van der Waals surface area contributed by atoms with Crippen LogP contribution in [0.15, 0.2) is 0 Å². The van der Waals surface area contributed by atoms with Crippen LogP contribution in [0.25, 0.3) is 0 Å². The SMILES string of the molecule is C[C@]12CCNC(=O)C[C@@H]1CC[C@@H]1[C@@H]2CC[C@]2(C)C(=O)CC[C@@H]12. The normalized spacial score (nSPS) is 51.4. The molecule has 0 aromatic carbocycles.